The van der Waals surface area contributed by atoms with Crippen molar-refractivity contribution < 1.29 is 18.3 Å². The van der Waals surface area contributed by atoms with Crippen LogP contribution in [-0.4, -0.2) is 17.6 Å². The fraction of sp³-hybridized carbons (Fsp3) is 0.364. The molecule has 4 nitrogen and oxygen atoms in total. The molecule has 0 atom stereocenters. The van der Waals surface area contributed by atoms with Gasteiger partial charge in [-0.1, -0.05) is 0 Å². The molecular weight excluding hydrogens is 310 g/mol. The summed E-state index contributed by atoms with van der Waals surface area (Å²) < 4.78 is 30.1. The molecule has 1 aromatic rings. The lowest BCUT2D eigenvalue weighted by Crippen LogP contribution is -2.11. The second-order valence-electron chi connectivity index (χ2n) is 3.25. The number of carbonyl (C=O) groups excluding carboxylic acids is 1. The molecule has 0 amide bonds. The first kappa shape index (κ1) is 14.5. The molecule has 0 saturated carbocycles. The van der Waals surface area contributed by atoms with Crippen molar-refractivity contribution in [3.8, 4) is 6.07 Å². The van der Waals surface area contributed by atoms with Crippen LogP contribution in [0.3, 0.4) is 0 Å². The number of hydrogen-bond donors (Lipinski definition) is 0. The van der Waals surface area contributed by atoms with Crippen molar-refractivity contribution in [1.29, 1.82) is 5.26 Å². The number of ether oxygens (including phenoxy) is 1. The van der Waals surface area contributed by atoms with Gasteiger partial charge in [0.2, 0.25) is 0 Å². The normalized spacial score (nSPS) is 10.2. The van der Waals surface area contributed by atoms with Crippen LogP contribution in [-0.2, 0) is 16.0 Å². The predicted molar refractivity (Wildman–Crippen MR) is 61.9 cm³/mol. The second-order valence-corrected chi connectivity index (χ2v) is 4.04. The SMILES string of the molecule is CCOC(=O)Cc1nc(C(F)F)cc(C#N)c1Br. The van der Waals surface area contributed by atoms with Gasteiger partial charge in [0.25, 0.3) is 6.43 Å². The lowest BCUT2D eigenvalue weighted by molar-refractivity contribution is -0.142. The molecule has 0 aliphatic heterocycles. The number of pyridine rings is 1. The molecular formula is C11H9BrF2N2O2. The smallest absolute Gasteiger partial charge is 0.311 e. The standard InChI is InChI=1S/C11H9BrF2N2O2/c1-2-18-9(17)4-7-10(12)6(5-15)3-8(16-7)11(13)14/h3,11H,2,4H2,1H3. The third kappa shape index (κ3) is 3.47. The molecule has 0 radical (unpaired) electrons. The van der Waals surface area contributed by atoms with Gasteiger partial charge in [-0.2, -0.15) is 5.26 Å². The quantitative estimate of drug-likeness (QED) is 0.801. The van der Waals surface area contributed by atoms with Crippen LogP contribution in [0.4, 0.5) is 8.78 Å². The Labute approximate surface area is 111 Å². The molecule has 0 N–H and O–H groups in total. The highest BCUT2D eigenvalue weighted by atomic mass is 79.9. The van der Waals surface area contributed by atoms with Gasteiger partial charge in [0.1, 0.15) is 11.8 Å². The molecule has 18 heavy (non-hydrogen) atoms. The molecule has 1 heterocycles. The Balaban J connectivity index is 3.14. The molecule has 0 aliphatic carbocycles. The molecule has 0 aliphatic rings. The van der Waals surface area contributed by atoms with E-state index in [1.807, 2.05) is 0 Å². The van der Waals surface area contributed by atoms with Gasteiger partial charge >= 0.3 is 5.97 Å². The average Bonchev–Trinajstić information content (AvgIpc) is 2.31. The van der Waals surface area contributed by atoms with E-state index in [1.165, 1.54) is 0 Å². The van der Waals surface area contributed by atoms with Crippen molar-refractivity contribution in [1.82, 2.24) is 4.98 Å². The van der Waals surface area contributed by atoms with Gasteiger partial charge < -0.3 is 4.74 Å². The van der Waals surface area contributed by atoms with Crippen LogP contribution in [0.2, 0.25) is 0 Å². The van der Waals surface area contributed by atoms with E-state index in [1.54, 1.807) is 13.0 Å². The van der Waals surface area contributed by atoms with Crippen LogP contribution < -0.4 is 0 Å². The largest absolute Gasteiger partial charge is 0.466 e. The van der Waals surface area contributed by atoms with Gasteiger partial charge in [-0.05, 0) is 28.9 Å². The Bertz CT molecular complexity index is 501. The van der Waals surface area contributed by atoms with E-state index in [2.05, 4.69) is 20.9 Å². The molecule has 1 aromatic heterocycles. The van der Waals surface area contributed by atoms with Crippen molar-refractivity contribution in [3.63, 3.8) is 0 Å². The Hall–Kier alpha value is -1.55. The third-order valence-electron chi connectivity index (χ3n) is 2.01. The number of aromatic nitrogens is 1. The van der Waals surface area contributed by atoms with E-state index < -0.39 is 18.1 Å². The summed E-state index contributed by atoms with van der Waals surface area (Å²) in [6.07, 6.45) is -3.06. The Morgan fingerprint density at radius 2 is 2.33 bits per heavy atom. The number of rotatable bonds is 4. The Morgan fingerprint density at radius 3 is 2.83 bits per heavy atom. The lowest BCUT2D eigenvalue weighted by Gasteiger charge is -2.08. The van der Waals surface area contributed by atoms with Crippen molar-refractivity contribution in [2.24, 2.45) is 0 Å². The maximum Gasteiger partial charge on any atom is 0.311 e. The molecule has 96 valence electrons. The Kier molecular flexibility index (Phi) is 5.16. The maximum absolute atomic E-state index is 12.6. The van der Waals surface area contributed by atoms with Crippen LogP contribution in [0, 0.1) is 11.3 Å². The van der Waals surface area contributed by atoms with Crippen molar-refractivity contribution in [2.45, 2.75) is 19.8 Å². The van der Waals surface area contributed by atoms with E-state index in [-0.39, 0.29) is 28.8 Å². The first-order valence-corrected chi connectivity index (χ1v) is 5.82. The van der Waals surface area contributed by atoms with E-state index in [9.17, 15) is 13.6 Å². The topological polar surface area (TPSA) is 63.0 Å². The summed E-state index contributed by atoms with van der Waals surface area (Å²) >= 11 is 3.07. The van der Waals surface area contributed by atoms with Crippen LogP contribution in [0.5, 0.6) is 0 Å². The summed E-state index contributed by atoms with van der Waals surface area (Å²) in [5, 5.41) is 8.82. The number of carbonyl (C=O) groups is 1. The predicted octanol–water partition coefficient (Wildman–Crippen LogP) is 2.76. The number of nitrogens with zero attached hydrogens (tertiary/aromatic N) is 2. The van der Waals surface area contributed by atoms with Gasteiger partial charge in [0.15, 0.2) is 0 Å². The number of alkyl halides is 2. The minimum absolute atomic E-state index is 0.0135. The van der Waals surface area contributed by atoms with Gasteiger partial charge in [0, 0.05) is 0 Å². The average molecular weight is 319 g/mol. The zero-order chi connectivity index (χ0) is 13.7. The summed E-state index contributed by atoms with van der Waals surface area (Å²) in [4.78, 5) is 14.9. The number of esters is 1. The summed E-state index contributed by atoms with van der Waals surface area (Å²) in [7, 11) is 0. The molecule has 0 saturated heterocycles. The van der Waals surface area contributed by atoms with E-state index >= 15 is 0 Å². The second kappa shape index (κ2) is 6.40. The number of nitriles is 1. The number of halogens is 3. The summed E-state index contributed by atoms with van der Waals surface area (Å²) in [5.74, 6) is -0.582. The summed E-state index contributed by atoms with van der Waals surface area (Å²) in [6, 6.07) is 2.75. The van der Waals surface area contributed by atoms with E-state index in [4.69, 9.17) is 10.00 Å². The summed E-state index contributed by atoms with van der Waals surface area (Å²) in [6.45, 7) is 1.83. The van der Waals surface area contributed by atoms with Crippen LogP contribution in [0.25, 0.3) is 0 Å². The molecule has 7 heteroatoms. The Morgan fingerprint density at radius 1 is 1.67 bits per heavy atom. The zero-order valence-corrected chi connectivity index (χ0v) is 11.0. The minimum Gasteiger partial charge on any atom is -0.466 e. The highest BCUT2D eigenvalue weighted by Crippen LogP contribution is 2.26. The molecule has 0 fully saturated rings. The highest BCUT2D eigenvalue weighted by Gasteiger charge is 2.18. The van der Waals surface area contributed by atoms with E-state index in [0.29, 0.717) is 0 Å². The van der Waals surface area contributed by atoms with Gasteiger partial charge in [-0.15, -0.1) is 0 Å². The first-order valence-electron chi connectivity index (χ1n) is 5.02. The molecule has 1 rings (SSSR count). The number of hydrogen-bond acceptors (Lipinski definition) is 4. The monoisotopic (exact) mass is 318 g/mol. The van der Waals surface area contributed by atoms with Crippen LogP contribution in [0.15, 0.2) is 10.5 Å². The highest BCUT2D eigenvalue weighted by molar-refractivity contribution is 9.10. The molecule has 0 unspecified atom stereocenters. The molecule has 0 spiro atoms. The van der Waals surface area contributed by atoms with Gasteiger partial charge in [-0.25, -0.2) is 13.8 Å². The van der Waals surface area contributed by atoms with Crippen LogP contribution >= 0.6 is 15.9 Å². The van der Waals surface area contributed by atoms with E-state index in [0.717, 1.165) is 6.07 Å². The third-order valence-corrected chi connectivity index (χ3v) is 2.89. The zero-order valence-electron chi connectivity index (χ0n) is 9.41. The fourth-order valence-electron chi connectivity index (χ4n) is 1.26. The van der Waals surface area contributed by atoms with Crippen LogP contribution in [0.1, 0.15) is 30.3 Å². The molecule has 0 aromatic carbocycles. The van der Waals surface area contributed by atoms with Gasteiger partial charge in [0.05, 0.1) is 28.8 Å². The van der Waals surface area contributed by atoms with Crippen molar-refractivity contribution in [2.75, 3.05) is 6.61 Å². The lowest BCUT2D eigenvalue weighted by atomic mass is 10.1. The fourth-order valence-corrected chi connectivity index (χ4v) is 1.69. The maximum atomic E-state index is 12.6. The van der Waals surface area contributed by atoms with Crippen molar-refractivity contribution >= 4 is 21.9 Å². The summed E-state index contributed by atoms with van der Waals surface area (Å²) in [5.41, 5.74) is -0.448. The minimum atomic E-state index is -2.80. The van der Waals surface area contributed by atoms with Crippen molar-refractivity contribution in [3.05, 3.63) is 27.5 Å². The molecule has 0 bridgehead atoms. The first-order chi connectivity index (χ1) is 8.49. The van der Waals surface area contributed by atoms with Gasteiger partial charge in [-0.3, -0.25) is 4.79 Å².